The van der Waals surface area contributed by atoms with E-state index in [0.29, 0.717) is 27.4 Å². The van der Waals surface area contributed by atoms with Crippen molar-refractivity contribution in [2.24, 2.45) is 0 Å². The van der Waals surface area contributed by atoms with E-state index < -0.39 is 0 Å². The second-order valence-electron chi connectivity index (χ2n) is 4.92. The Morgan fingerprint density at radius 2 is 2.04 bits per heavy atom. The number of methoxy groups -OCH3 is 2. The topological polar surface area (TPSA) is 66.2 Å². The number of rotatable bonds is 6. The number of hydrogen-bond acceptors (Lipinski definition) is 7. The third-order valence-corrected chi connectivity index (χ3v) is 5.09. The van der Waals surface area contributed by atoms with E-state index in [4.69, 9.17) is 9.47 Å². The Labute approximate surface area is 153 Å². The maximum absolute atomic E-state index is 12.7. The molecule has 0 aliphatic carbocycles. The molecule has 130 valence electrons. The summed E-state index contributed by atoms with van der Waals surface area (Å²) < 4.78 is 12.0. The minimum Gasteiger partial charge on any atom is -0.493 e. The van der Waals surface area contributed by atoms with E-state index in [0.717, 1.165) is 11.3 Å². The van der Waals surface area contributed by atoms with E-state index in [9.17, 15) is 4.79 Å². The molecule has 3 rings (SSSR count). The van der Waals surface area contributed by atoms with Crippen molar-refractivity contribution in [2.75, 3.05) is 20.0 Å². The standard InChI is InChI=1S/C17H17N3O3S2/c1-4-24-17-18-15(11-7-8-12(22-2)13(10-11)23-3)19-20(17)16(21)14-6-5-9-25-14/h5-10H,4H2,1-3H3. The van der Waals surface area contributed by atoms with Crippen molar-refractivity contribution in [2.45, 2.75) is 12.1 Å². The second kappa shape index (κ2) is 7.71. The molecule has 0 spiro atoms. The van der Waals surface area contributed by atoms with Gasteiger partial charge in [0.15, 0.2) is 22.5 Å². The highest BCUT2D eigenvalue weighted by Crippen LogP contribution is 2.32. The van der Waals surface area contributed by atoms with Gasteiger partial charge in [-0.3, -0.25) is 4.79 Å². The van der Waals surface area contributed by atoms with E-state index in [1.807, 2.05) is 24.4 Å². The van der Waals surface area contributed by atoms with E-state index in [2.05, 4.69) is 10.1 Å². The zero-order chi connectivity index (χ0) is 17.8. The highest BCUT2D eigenvalue weighted by Gasteiger charge is 2.20. The summed E-state index contributed by atoms with van der Waals surface area (Å²) in [6.45, 7) is 2.01. The van der Waals surface area contributed by atoms with Gasteiger partial charge < -0.3 is 9.47 Å². The molecule has 1 aromatic carbocycles. The molecule has 0 saturated carbocycles. The summed E-state index contributed by atoms with van der Waals surface area (Å²) in [5.41, 5.74) is 0.758. The minimum absolute atomic E-state index is 0.176. The number of aromatic nitrogens is 3. The molecule has 6 nitrogen and oxygen atoms in total. The summed E-state index contributed by atoms with van der Waals surface area (Å²) >= 11 is 2.86. The summed E-state index contributed by atoms with van der Waals surface area (Å²) in [6.07, 6.45) is 0. The number of ether oxygens (including phenoxy) is 2. The third kappa shape index (κ3) is 3.54. The monoisotopic (exact) mass is 375 g/mol. The molecule has 2 aromatic heterocycles. The first-order chi connectivity index (χ1) is 12.2. The SMILES string of the molecule is CCSc1nc(-c2ccc(OC)c(OC)c2)nn1C(=O)c1cccs1. The van der Waals surface area contributed by atoms with Gasteiger partial charge in [-0.05, 0) is 35.4 Å². The van der Waals surface area contributed by atoms with Crippen LogP contribution in [0.2, 0.25) is 0 Å². The Kier molecular flexibility index (Phi) is 5.40. The lowest BCUT2D eigenvalue weighted by molar-refractivity contribution is 0.0938. The van der Waals surface area contributed by atoms with Crippen LogP contribution in [0.1, 0.15) is 16.6 Å². The van der Waals surface area contributed by atoms with Crippen LogP contribution < -0.4 is 9.47 Å². The fourth-order valence-electron chi connectivity index (χ4n) is 2.25. The molecule has 0 amide bonds. The molecular weight excluding hydrogens is 358 g/mol. The summed E-state index contributed by atoms with van der Waals surface area (Å²) in [5.74, 6) is 2.31. The molecule has 25 heavy (non-hydrogen) atoms. The maximum Gasteiger partial charge on any atom is 0.290 e. The Morgan fingerprint density at radius 1 is 1.24 bits per heavy atom. The van der Waals surface area contributed by atoms with Crippen LogP contribution in [0.4, 0.5) is 0 Å². The molecular formula is C17H17N3O3S2. The zero-order valence-electron chi connectivity index (χ0n) is 14.1. The molecule has 0 saturated heterocycles. The molecule has 0 atom stereocenters. The van der Waals surface area contributed by atoms with Gasteiger partial charge in [0.05, 0.1) is 19.1 Å². The smallest absolute Gasteiger partial charge is 0.290 e. The predicted molar refractivity (Wildman–Crippen MR) is 99.0 cm³/mol. The molecule has 3 aromatic rings. The normalized spacial score (nSPS) is 10.7. The molecule has 0 aliphatic rings. The summed E-state index contributed by atoms with van der Waals surface area (Å²) in [5, 5.41) is 6.87. The minimum atomic E-state index is -0.176. The van der Waals surface area contributed by atoms with E-state index in [1.165, 1.54) is 27.8 Å². The second-order valence-corrected chi connectivity index (χ2v) is 7.09. The average Bonchev–Trinajstić information content (AvgIpc) is 3.31. The van der Waals surface area contributed by atoms with Gasteiger partial charge in [0.2, 0.25) is 0 Å². The van der Waals surface area contributed by atoms with Gasteiger partial charge >= 0.3 is 0 Å². The largest absolute Gasteiger partial charge is 0.493 e. The number of carbonyl (C=O) groups excluding carboxylic acids is 1. The number of carbonyl (C=O) groups is 1. The van der Waals surface area contributed by atoms with Crippen LogP contribution in [-0.4, -0.2) is 40.6 Å². The van der Waals surface area contributed by atoms with Crippen LogP contribution >= 0.6 is 23.1 Å². The molecule has 0 fully saturated rings. The molecule has 0 bridgehead atoms. The Morgan fingerprint density at radius 3 is 2.68 bits per heavy atom. The Hall–Kier alpha value is -2.32. The Bertz CT molecular complexity index is 875. The highest BCUT2D eigenvalue weighted by atomic mass is 32.2. The molecule has 0 radical (unpaired) electrons. The van der Waals surface area contributed by atoms with Crippen LogP contribution in [-0.2, 0) is 0 Å². The number of thioether (sulfide) groups is 1. The zero-order valence-corrected chi connectivity index (χ0v) is 15.7. The number of hydrogen-bond donors (Lipinski definition) is 0. The van der Waals surface area contributed by atoms with Crippen LogP contribution in [0.5, 0.6) is 11.5 Å². The maximum atomic E-state index is 12.7. The summed E-state index contributed by atoms with van der Waals surface area (Å²) in [4.78, 5) is 17.8. The van der Waals surface area contributed by atoms with Gasteiger partial charge in [-0.1, -0.05) is 24.8 Å². The molecule has 0 aliphatic heterocycles. The van der Waals surface area contributed by atoms with Crippen molar-refractivity contribution in [3.8, 4) is 22.9 Å². The first-order valence-corrected chi connectivity index (χ1v) is 9.45. The first kappa shape index (κ1) is 17.5. The average molecular weight is 375 g/mol. The number of nitrogens with zero attached hydrogens (tertiary/aromatic N) is 3. The quantitative estimate of drug-likeness (QED) is 0.610. The van der Waals surface area contributed by atoms with Gasteiger partial charge in [-0.2, -0.15) is 4.68 Å². The van der Waals surface area contributed by atoms with Crippen molar-refractivity contribution in [3.63, 3.8) is 0 Å². The van der Waals surface area contributed by atoms with E-state index in [-0.39, 0.29) is 5.91 Å². The van der Waals surface area contributed by atoms with Crippen molar-refractivity contribution in [3.05, 3.63) is 40.6 Å². The van der Waals surface area contributed by atoms with Crippen LogP contribution in [0.3, 0.4) is 0 Å². The van der Waals surface area contributed by atoms with Gasteiger partial charge in [-0.25, -0.2) is 4.98 Å². The van der Waals surface area contributed by atoms with Gasteiger partial charge in [0, 0.05) is 5.56 Å². The van der Waals surface area contributed by atoms with Crippen molar-refractivity contribution in [1.29, 1.82) is 0 Å². The third-order valence-electron chi connectivity index (χ3n) is 3.42. The Balaban J connectivity index is 2.03. The highest BCUT2D eigenvalue weighted by molar-refractivity contribution is 7.99. The summed E-state index contributed by atoms with van der Waals surface area (Å²) in [6, 6.07) is 9.07. The van der Waals surface area contributed by atoms with Crippen LogP contribution in [0.15, 0.2) is 40.9 Å². The number of thiophene rings is 1. The van der Waals surface area contributed by atoms with Crippen LogP contribution in [0.25, 0.3) is 11.4 Å². The lowest BCUT2D eigenvalue weighted by Crippen LogP contribution is -2.13. The van der Waals surface area contributed by atoms with Crippen LogP contribution in [0, 0.1) is 0 Å². The van der Waals surface area contributed by atoms with Gasteiger partial charge in [0.1, 0.15) is 0 Å². The van der Waals surface area contributed by atoms with E-state index in [1.54, 1.807) is 32.4 Å². The molecule has 2 heterocycles. The first-order valence-electron chi connectivity index (χ1n) is 7.58. The van der Waals surface area contributed by atoms with Gasteiger partial charge in [0.25, 0.3) is 5.91 Å². The van der Waals surface area contributed by atoms with Crippen molar-refractivity contribution in [1.82, 2.24) is 14.8 Å². The van der Waals surface area contributed by atoms with Gasteiger partial charge in [-0.15, -0.1) is 16.4 Å². The lowest BCUT2D eigenvalue weighted by Gasteiger charge is -2.07. The van der Waals surface area contributed by atoms with Crippen molar-refractivity contribution < 1.29 is 14.3 Å². The summed E-state index contributed by atoms with van der Waals surface area (Å²) in [7, 11) is 3.16. The van der Waals surface area contributed by atoms with E-state index >= 15 is 0 Å². The number of benzene rings is 1. The fourth-order valence-corrected chi connectivity index (χ4v) is 3.56. The molecule has 0 unspecified atom stereocenters. The predicted octanol–water partition coefficient (Wildman–Crippen LogP) is 3.82. The van der Waals surface area contributed by atoms with Crippen molar-refractivity contribution >= 4 is 29.0 Å². The fraction of sp³-hybridized carbons (Fsp3) is 0.235. The lowest BCUT2D eigenvalue weighted by atomic mass is 10.2. The molecule has 0 N–H and O–H groups in total. The molecule has 8 heteroatoms.